The molecule has 0 aliphatic carbocycles. The molecule has 1 amide bonds. The molecule has 0 saturated carbocycles. The van der Waals surface area contributed by atoms with E-state index in [1.54, 1.807) is 37.3 Å². The number of methoxy groups -OCH3 is 1. The molecule has 6 heteroatoms. The Labute approximate surface area is 144 Å². The Morgan fingerprint density at radius 2 is 2.05 bits per heavy atom. The van der Waals surface area contributed by atoms with Crippen molar-refractivity contribution in [3.63, 3.8) is 0 Å². The molecule has 1 atom stereocenters. The zero-order valence-electron chi connectivity index (χ0n) is 13.6. The van der Waals surface area contributed by atoms with E-state index < -0.39 is 0 Å². The van der Waals surface area contributed by atoms with Crippen molar-refractivity contribution in [1.82, 2.24) is 4.90 Å². The standard InChI is InChI=1S/C16H25ClN2O2.ClH/c1-11(2)14(18)7-8-19(3)16(20)10-12-9-13(17)5-6-15(12)21-4;/h5-6,9,11,14H,7-8,10,18H2,1-4H3;1H. The largest absolute Gasteiger partial charge is 0.496 e. The molecule has 0 aliphatic rings. The molecular formula is C16H26Cl2N2O2. The SMILES string of the molecule is COc1ccc(Cl)cc1CC(=O)N(C)CCC(N)C(C)C.Cl. The van der Waals surface area contributed by atoms with Gasteiger partial charge in [-0.25, -0.2) is 0 Å². The van der Waals surface area contributed by atoms with E-state index in [0.29, 0.717) is 23.2 Å². The van der Waals surface area contributed by atoms with E-state index >= 15 is 0 Å². The third kappa shape index (κ3) is 6.42. The molecule has 4 nitrogen and oxygen atoms in total. The highest BCUT2D eigenvalue weighted by Crippen LogP contribution is 2.23. The van der Waals surface area contributed by atoms with E-state index in [-0.39, 0.29) is 30.8 Å². The van der Waals surface area contributed by atoms with Crippen LogP contribution < -0.4 is 10.5 Å². The van der Waals surface area contributed by atoms with Crippen molar-refractivity contribution in [2.75, 3.05) is 20.7 Å². The fourth-order valence-electron chi connectivity index (χ4n) is 1.98. The molecule has 2 N–H and O–H groups in total. The van der Waals surface area contributed by atoms with Crippen LogP contribution in [0.15, 0.2) is 18.2 Å². The molecule has 0 spiro atoms. The molecule has 0 aliphatic heterocycles. The van der Waals surface area contributed by atoms with Gasteiger partial charge in [0.1, 0.15) is 5.75 Å². The van der Waals surface area contributed by atoms with Crippen LogP contribution in [0.3, 0.4) is 0 Å². The van der Waals surface area contributed by atoms with Crippen LogP contribution in [0.5, 0.6) is 5.75 Å². The van der Waals surface area contributed by atoms with Gasteiger partial charge < -0.3 is 15.4 Å². The van der Waals surface area contributed by atoms with Crippen molar-refractivity contribution in [2.24, 2.45) is 11.7 Å². The van der Waals surface area contributed by atoms with Gasteiger partial charge in [-0.2, -0.15) is 0 Å². The number of nitrogens with two attached hydrogens (primary N) is 1. The maximum atomic E-state index is 12.3. The maximum Gasteiger partial charge on any atom is 0.226 e. The average Bonchev–Trinajstić information content (AvgIpc) is 2.44. The fraction of sp³-hybridized carbons (Fsp3) is 0.562. The van der Waals surface area contributed by atoms with Crippen molar-refractivity contribution < 1.29 is 9.53 Å². The molecule has 1 aromatic carbocycles. The third-order valence-electron chi connectivity index (χ3n) is 3.66. The summed E-state index contributed by atoms with van der Waals surface area (Å²) in [5.41, 5.74) is 6.81. The summed E-state index contributed by atoms with van der Waals surface area (Å²) < 4.78 is 5.26. The number of hydrogen-bond donors (Lipinski definition) is 1. The lowest BCUT2D eigenvalue weighted by Crippen LogP contribution is -2.35. The first-order chi connectivity index (χ1) is 9.85. The number of ether oxygens (including phenoxy) is 1. The molecular weight excluding hydrogens is 323 g/mol. The normalized spacial score (nSPS) is 11.8. The van der Waals surface area contributed by atoms with Crippen LogP contribution >= 0.6 is 24.0 Å². The number of carbonyl (C=O) groups is 1. The van der Waals surface area contributed by atoms with E-state index in [2.05, 4.69) is 13.8 Å². The lowest BCUT2D eigenvalue weighted by Gasteiger charge is -2.22. The Hall–Kier alpha value is -0.970. The van der Waals surface area contributed by atoms with Crippen LogP contribution in [-0.2, 0) is 11.2 Å². The molecule has 0 radical (unpaired) electrons. The van der Waals surface area contributed by atoms with Crippen molar-refractivity contribution >= 4 is 29.9 Å². The molecule has 1 unspecified atom stereocenters. The first-order valence-electron chi connectivity index (χ1n) is 7.17. The van der Waals surface area contributed by atoms with E-state index in [4.69, 9.17) is 22.1 Å². The van der Waals surface area contributed by atoms with Gasteiger partial charge in [-0.15, -0.1) is 12.4 Å². The number of halogens is 2. The second kappa shape index (κ2) is 9.93. The van der Waals surface area contributed by atoms with Crippen LogP contribution in [0, 0.1) is 5.92 Å². The van der Waals surface area contributed by atoms with E-state index in [0.717, 1.165) is 12.0 Å². The first kappa shape index (κ1) is 21.0. The highest BCUT2D eigenvalue weighted by Gasteiger charge is 2.15. The van der Waals surface area contributed by atoms with Gasteiger partial charge in [0.25, 0.3) is 0 Å². The summed E-state index contributed by atoms with van der Waals surface area (Å²) in [6, 6.07) is 5.41. The zero-order chi connectivity index (χ0) is 16.0. The van der Waals surface area contributed by atoms with E-state index in [1.807, 2.05) is 0 Å². The molecule has 0 aromatic heterocycles. The quantitative estimate of drug-likeness (QED) is 0.823. The van der Waals surface area contributed by atoms with Crippen LogP contribution in [0.2, 0.25) is 5.02 Å². The van der Waals surface area contributed by atoms with Crippen molar-refractivity contribution in [1.29, 1.82) is 0 Å². The number of benzene rings is 1. The summed E-state index contributed by atoms with van der Waals surface area (Å²) in [7, 11) is 3.38. The predicted molar refractivity (Wildman–Crippen MR) is 94.0 cm³/mol. The van der Waals surface area contributed by atoms with Crippen LogP contribution in [0.1, 0.15) is 25.8 Å². The Morgan fingerprint density at radius 3 is 2.59 bits per heavy atom. The van der Waals surface area contributed by atoms with Gasteiger partial charge in [-0.05, 0) is 30.5 Å². The monoisotopic (exact) mass is 348 g/mol. The van der Waals surface area contributed by atoms with Crippen LogP contribution in [-0.4, -0.2) is 37.6 Å². The minimum atomic E-state index is 0. The average molecular weight is 349 g/mol. The summed E-state index contributed by atoms with van der Waals surface area (Å²) >= 11 is 5.98. The minimum absolute atomic E-state index is 0. The van der Waals surface area contributed by atoms with Gasteiger partial charge >= 0.3 is 0 Å². The number of nitrogens with zero attached hydrogens (tertiary/aromatic N) is 1. The van der Waals surface area contributed by atoms with Crippen LogP contribution in [0.4, 0.5) is 0 Å². The van der Waals surface area contributed by atoms with Gasteiger partial charge in [0, 0.05) is 30.2 Å². The maximum absolute atomic E-state index is 12.3. The molecule has 22 heavy (non-hydrogen) atoms. The number of hydrogen-bond acceptors (Lipinski definition) is 3. The number of amides is 1. The molecule has 126 valence electrons. The zero-order valence-corrected chi connectivity index (χ0v) is 15.2. The lowest BCUT2D eigenvalue weighted by molar-refractivity contribution is -0.129. The van der Waals surface area contributed by atoms with Gasteiger partial charge in [-0.1, -0.05) is 25.4 Å². The Morgan fingerprint density at radius 1 is 1.41 bits per heavy atom. The molecule has 0 heterocycles. The van der Waals surface area contributed by atoms with Gasteiger partial charge in [0.05, 0.1) is 13.5 Å². The van der Waals surface area contributed by atoms with Gasteiger partial charge in [-0.3, -0.25) is 4.79 Å². The van der Waals surface area contributed by atoms with E-state index in [1.165, 1.54) is 0 Å². The second-order valence-electron chi connectivity index (χ2n) is 5.64. The smallest absolute Gasteiger partial charge is 0.226 e. The van der Waals surface area contributed by atoms with Gasteiger partial charge in [0.15, 0.2) is 0 Å². The second-order valence-corrected chi connectivity index (χ2v) is 6.08. The number of rotatable bonds is 7. The number of likely N-dealkylation sites (N-methyl/N-ethyl adjacent to an activating group) is 1. The predicted octanol–water partition coefficient (Wildman–Crippen LogP) is 3.14. The third-order valence-corrected chi connectivity index (χ3v) is 3.90. The number of carbonyl (C=O) groups excluding carboxylic acids is 1. The summed E-state index contributed by atoms with van der Waals surface area (Å²) in [6.45, 7) is 4.83. The Kier molecular flexibility index (Phi) is 9.49. The Balaban J connectivity index is 0.00000441. The molecule has 0 fully saturated rings. The lowest BCUT2D eigenvalue weighted by atomic mass is 10.0. The van der Waals surface area contributed by atoms with Crippen LogP contribution in [0.25, 0.3) is 0 Å². The molecule has 1 aromatic rings. The van der Waals surface area contributed by atoms with Gasteiger partial charge in [0.2, 0.25) is 5.91 Å². The minimum Gasteiger partial charge on any atom is -0.496 e. The van der Waals surface area contributed by atoms with Crippen molar-refractivity contribution in [3.8, 4) is 5.75 Å². The van der Waals surface area contributed by atoms with E-state index in [9.17, 15) is 4.79 Å². The highest BCUT2D eigenvalue weighted by atomic mass is 35.5. The highest BCUT2D eigenvalue weighted by molar-refractivity contribution is 6.30. The molecule has 0 saturated heterocycles. The summed E-state index contributed by atoms with van der Waals surface area (Å²) in [6.07, 6.45) is 1.07. The molecule has 0 bridgehead atoms. The summed E-state index contributed by atoms with van der Waals surface area (Å²) in [5.74, 6) is 1.13. The topological polar surface area (TPSA) is 55.6 Å². The molecule has 1 rings (SSSR count). The van der Waals surface area contributed by atoms with Crippen molar-refractivity contribution in [2.45, 2.75) is 32.7 Å². The fourth-order valence-corrected chi connectivity index (χ4v) is 2.18. The summed E-state index contributed by atoms with van der Waals surface area (Å²) in [5, 5.41) is 0.600. The summed E-state index contributed by atoms with van der Waals surface area (Å²) in [4.78, 5) is 14.0. The van der Waals surface area contributed by atoms with Crippen molar-refractivity contribution in [3.05, 3.63) is 28.8 Å². The first-order valence-corrected chi connectivity index (χ1v) is 7.55. The Bertz CT molecular complexity index is 481.